The van der Waals surface area contributed by atoms with Gasteiger partial charge in [0.15, 0.2) is 5.69 Å². The SMILES string of the molecule is Cn1c(N)c(N=C/C=C/c2ccccc2)c(=O)n(C)c1=O. The second-order valence-corrected chi connectivity index (χ2v) is 4.49. The van der Waals surface area contributed by atoms with E-state index in [9.17, 15) is 9.59 Å². The van der Waals surface area contributed by atoms with Crippen molar-refractivity contribution in [3.8, 4) is 0 Å². The zero-order chi connectivity index (χ0) is 15.4. The number of hydrogen-bond acceptors (Lipinski definition) is 4. The highest BCUT2D eigenvalue weighted by Crippen LogP contribution is 2.12. The van der Waals surface area contributed by atoms with Crippen LogP contribution in [0.2, 0.25) is 0 Å². The van der Waals surface area contributed by atoms with E-state index in [0.717, 1.165) is 10.1 Å². The van der Waals surface area contributed by atoms with E-state index in [1.165, 1.54) is 24.9 Å². The molecule has 108 valence electrons. The maximum Gasteiger partial charge on any atom is 0.332 e. The molecular formula is C15H16N4O2. The lowest BCUT2D eigenvalue weighted by molar-refractivity contribution is 0.695. The van der Waals surface area contributed by atoms with Crippen molar-refractivity contribution in [3.63, 3.8) is 0 Å². The van der Waals surface area contributed by atoms with Gasteiger partial charge in [-0.05, 0) is 11.6 Å². The Morgan fingerprint density at radius 2 is 1.76 bits per heavy atom. The molecule has 0 bridgehead atoms. The van der Waals surface area contributed by atoms with Crippen molar-refractivity contribution in [1.29, 1.82) is 0 Å². The number of nitrogens with zero attached hydrogens (tertiary/aromatic N) is 3. The van der Waals surface area contributed by atoms with Gasteiger partial charge in [-0.25, -0.2) is 9.79 Å². The van der Waals surface area contributed by atoms with Gasteiger partial charge in [0.05, 0.1) is 0 Å². The summed E-state index contributed by atoms with van der Waals surface area (Å²) in [4.78, 5) is 27.7. The van der Waals surface area contributed by atoms with Gasteiger partial charge in [0.25, 0.3) is 5.56 Å². The first kappa shape index (κ1) is 14.5. The van der Waals surface area contributed by atoms with Crippen molar-refractivity contribution in [2.24, 2.45) is 19.1 Å². The summed E-state index contributed by atoms with van der Waals surface area (Å²) in [6, 6.07) is 9.68. The molecule has 0 saturated heterocycles. The third-order valence-electron chi connectivity index (χ3n) is 3.06. The van der Waals surface area contributed by atoms with E-state index >= 15 is 0 Å². The van der Waals surface area contributed by atoms with Crippen molar-refractivity contribution in [2.75, 3.05) is 5.73 Å². The number of anilines is 1. The molecule has 2 aromatic rings. The summed E-state index contributed by atoms with van der Waals surface area (Å²) in [5, 5.41) is 0. The molecule has 6 heteroatoms. The van der Waals surface area contributed by atoms with E-state index in [1.807, 2.05) is 36.4 Å². The number of hydrogen-bond donors (Lipinski definition) is 1. The fraction of sp³-hybridized carbons (Fsp3) is 0.133. The molecule has 0 fully saturated rings. The Hall–Kier alpha value is -2.89. The lowest BCUT2D eigenvalue weighted by Crippen LogP contribution is -2.37. The quantitative estimate of drug-likeness (QED) is 0.856. The number of benzene rings is 1. The number of nitrogens with two attached hydrogens (primary N) is 1. The molecule has 21 heavy (non-hydrogen) atoms. The monoisotopic (exact) mass is 284 g/mol. The van der Waals surface area contributed by atoms with E-state index < -0.39 is 11.2 Å². The standard InChI is InChI=1S/C15H16N4O2/c1-18-13(16)12(14(20)19(2)15(18)21)17-10-6-9-11-7-4-3-5-8-11/h3-10H,16H2,1-2H3/b9-6+,17-10?. The molecule has 0 aliphatic heterocycles. The molecule has 1 aromatic heterocycles. The first-order chi connectivity index (χ1) is 10.0. The molecule has 6 nitrogen and oxygen atoms in total. The van der Waals surface area contributed by atoms with Crippen molar-refractivity contribution in [2.45, 2.75) is 0 Å². The molecule has 2 N–H and O–H groups in total. The van der Waals surface area contributed by atoms with Crippen molar-refractivity contribution >= 4 is 23.8 Å². The van der Waals surface area contributed by atoms with E-state index in [4.69, 9.17) is 5.73 Å². The van der Waals surface area contributed by atoms with Crippen LogP contribution in [0.1, 0.15) is 5.56 Å². The second-order valence-electron chi connectivity index (χ2n) is 4.49. The fourth-order valence-corrected chi connectivity index (χ4v) is 1.80. The summed E-state index contributed by atoms with van der Waals surface area (Å²) in [5.74, 6) is 0.0486. The highest BCUT2D eigenvalue weighted by Gasteiger charge is 2.11. The summed E-state index contributed by atoms with van der Waals surface area (Å²) in [6.07, 6.45) is 5.04. The molecule has 0 saturated carbocycles. The molecule has 2 rings (SSSR count). The van der Waals surface area contributed by atoms with Gasteiger partial charge >= 0.3 is 5.69 Å². The van der Waals surface area contributed by atoms with Gasteiger partial charge in [-0.2, -0.15) is 0 Å². The van der Waals surface area contributed by atoms with Crippen LogP contribution in [0.25, 0.3) is 6.08 Å². The van der Waals surface area contributed by atoms with Gasteiger partial charge in [0.2, 0.25) is 0 Å². The Balaban J connectivity index is 2.33. The largest absolute Gasteiger partial charge is 0.383 e. The maximum atomic E-state index is 12.0. The summed E-state index contributed by atoms with van der Waals surface area (Å²) < 4.78 is 2.17. The highest BCUT2D eigenvalue weighted by molar-refractivity contribution is 5.81. The van der Waals surface area contributed by atoms with Crippen LogP contribution in [0.5, 0.6) is 0 Å². The third-order valence-corrected chi connectivity index (χ3v) is 3.06. The van der Waals surface area contributed by atoms with Gasteiger partial charge in [-0.1, -0.05) is 36.4 Å². The fourth-order valence-electron chi connectivity index (χ4n) is 1.80. The average Bonchev–Trinajstić information content (AvgIpc) is 2.51. The zero-order valence-corrected chi connectivity index (χ0v) is 11.9. The van der Waals surface area contributed by atoms with E-state index in [0.29, 0.717) is 0 Å². The predicted octanol–water partition coefficient (Wildman–Crippen LogP) is 1.08. The van der Waals surface area contributed by atoms with Gasteiger partial charge in [0, 0.05) is 20.3 Å². The molecule has 0 aliphatic carbocycles. The van der Waals surface area contributed by atoms with Crippen LogP contribution in [-0.4, -0.2) is 15.3 Å². The van der Waals surface area contributed by atoms with E-state index in [-0.39, 0.29) is 11.5 Å². The number of rotatable bonds is 3. The minimum Gasteiger partial charge on any atom is -0.383 e. The molecule has 0 atom stereocenters. The van der Waals surface area contributed by atoms with Crippen molar-refractivity contribution in [3.05, 3.63) is 62.8 Å². The van der Waals surface area contributed by atoms with Crippen LogP contribution in [0.3, 0.4) is 0 Å². The topological polar surface area (TPSA) is 82.4 Å². The second kappa shape index (κ2) is 6.04. The van der Waals surface area contributed by atoms with Crippen molar-refractivity contribution < 1.29 is 0 Å². The zero-order valence-electron chi connectivity index (χ0n) is 11.9. The van der Waals surface area contributed by atoms with Gasteiger partial charge < -0.3 is 5.73 Å². The highest BCUT2D eigenvalue weighted by atomic mass is 16.2. The van der Waals surface area contributed by atoms with Crippen LogP contribution in [-0.2, 0) is 14.1 Å². The Bertz CT molecular complexity index is 814. The smallest absolute Gasteiger partial charge is 0.332 e. The van der Waals surface area contributed by atoms with Crippen LogP contribution in [0.4, 0.5) is 11.5 Å². The molecule has 0 aliphatic rings. The number of aromatic nitrogens is 2. The van der Waals surface area contributed by atoms with E-state index in [2.05, 4.69) is 4.99 Å². The Morgan fingerprint density at radius 1 is 1.10 bits per heavy atom. The van der Waals surface area contributed by atoms with Gasteiger partial charge in [-0.15, -0.1) is 0 Å². The predicted molar refractivity (Wildman–Crippen MR) is 85.0 cm³/mol. The summed E-state index contributed by atoms with van der Waals surface area (Å²) in [6.45, 7) is 0. The molecule has 0 amide bonds. The normalized spacial score (nSPS) is 11.5. The van der Waals surface area contributed by atoms with Gasteiger partial charge in [-0.3, -0.25) is 13.9 Å². The van der Waals surface area contributed by atoms with Gasteiger partial charge in [0.1, 0.15) is 5.82 Å². The Morgan fingerprint density at radius 3 is 2.43 bits per heavy atom. The maximum absolute atomic E-state index is 12.0. The lowest BCUT2D eigenvalue weighted by atomic mass is 10.2. The first-order valence-corrected chi connectivity index (χ1v) is 6.33. The van der Waals surface area contributed by atoms with Crippen LogP contribution in [0.15, 0.2) is 51.0 Å². The summed E-state index contributed by atoms with van der Waals surface area (Å²) >= 11 is 0. The number of aliphatic imine (C=N–C) groups is 1. The summed E-state index contributed by atoms with van der Waals surface area (Å²) in [5.41, 5.74) is 5.84. The van der Waals surface area contributed by atoms with Crippen LogP contribution >= 0.6 is 0 Å². The average molecular weight is 284 g/mol. The Kier molecular flexibility index (Phi) is 4.18. The Labute approximate surface area is 121 Å². The first-order valence-electron chi connectivity index (χ1n) is 6.33. The summed E-state index contributed by atoms with van der Waals surface area (Å²) in [7, 11) is 2.89. The number of allylic oxidation sites excluding steroid dienone is 1. The molecular weight excluding hydrogens is 268 g/mol. The molecule has 0 spiro atoms. The molecule has 1 aromatic carbocycles. The van der Waals surface area contributed by atoms with Crippen LogP contribution < -0.4 is 17.0 Å². The van der Waals surface area contributed by atoms with Crippen molar-refractivity contribution in [1.82, 2.24) is 9.13 Å². The minimum atomic E-state index is -0.514. The van der Waals surface area contributed by atoms with Crippen LogP contribution in [0, 0.1) is 0 Å². The molecule has 0 unspecified atom stereocenters. The lowest BCUT2D eigenvalue weighted by Gasteiger charge is -2.07. The number of nitrogen functional groups attached to an aromatic ring is 1. The molecule has 1 heterocycles. The van der Waals surface area contributed by atoms with E-state index in [1.54, 1.807) is 6.08 Å². The molecule has 0 radical (unpaired) electrons. The third kappa shape index (κ3) is 3.00. The minimum absolute atomic E-state index is 0.0486.